The number of sulfonamides is 1. The Morgan fingerprint density at radius 3 is 2.24 bits per heavy atom. The van der Waals surface area contributed by atoms with Gasteiger partial charge in [0, 0.05) is 11.6 Å². The molecule has 0 bridgehead atoms. The molecule has 7 nitrogen and oxygen atoms in total. The quantitative estimate of drug-likeness (QED) is 0.739. The number of para-hydroxylation sites is 1. The fraction of sp³-hybridized carbons (Fsp3) is 0.350. The van der Waals surface area contributed by atoms with Crippen molar-refractivity contribution in [2.75, 3.05) is 25.1 Å². The average molecular weight is 424 g/mol. The molecular weight excluding hydrogens is 399 g/mol. The normalized spacial score (nSPS) is 11.7. The molecule has 0 aromatic heterocycles. The van der Waals surface area contributed by atoms with Gasteiger partial charge in [-0.05, 0) is 45.0 Å². The second-order valence-corrected chi connectivity index (χ2v) is 9.14. The number of nitrogens with zero attached hydrogens (tertiary/aromatic N) is 1. The summed E-state index contributed by atoms with van der Waals surface area (Å²) in [5.74, 6) is -0.791. The van der Waals surface area contributed by atoms with Crippen LogP contribution in [-0.2, 0) is 14.8 Å². The van der Waals surface area contributed by atoms with E-state index in [0.717, 1.165) is 10.4 Å². The molecular formula is C20H25FN2O5S. The van der Waals surface area contributed by atoms with Crippen LogP contribution in [0.1, 0.15) is 20.8 Å². The van der Waals surface area contributed by atoms with Crippen molar-refractivity contribution in [1.82, 2.24) is 5.32 Å². The lowest BCUT2D eigenvalue weighted by atomic mass is 10.1. The molecule has 0 saturated heterocycles. The Hall–Kier alpha value is -2.81. The molecule has 29 heavy (non-hydrogen) atoms. The monoisotopic (exact) mass is 424 g/mol. The molecule has 0 aliphatic heterocycles. The van der Waals surface area contributed by atoms with Crippen LogP contribution in [0, 0.1) is 5.82 Å². The maximum Gasteiger partial charge on any atom is 0.265 e. The summed E-state index contributed by atoms with van der Waals surface area (Å²) in [4.78, 5) is 12.3. The van der Waals surface area contributed by atoms with Crippen molar-refractivity contribution >= 4 is 21.6 Å². The lowest BCUT2D eigenvalue weighted by Crippen LogP contribution is -2.47. The van der Waals surface area contributed by atoms with Crippen molar-refractivity contribution in [2.24, 2.45) is 0 Å². The van der Waals surface area contributed by atoms with Crippen molar-refractivity contribution in [1.29, 1.82) is 0 Å². The molecule has 0 aliphatic rings. The summed E-state index contributed by atoms with van der Waals surface area (Å²) in [7, 11) is -1.49. The third-order valence-corrected chi connectivity index (χ3v) is 5.62. The van der Waals surface area contributed by atoms with Gasteiger partial charge in [-0.2, -0.15) is 0 Å². The van der Waals surface area contributed by atoms with Gasteiger partial charge in [-0.1, -0.05) is 12.1 Å². The van der Waals surface area contributed by atoms with Gasteiger partial charge in [0.15, 0.2) is 11.5 Å². The Bertz CT molecular complexity index is 987. The van der Waals surface area contributed by atoms with Gasteiger partial charge in [0.25, 0.3) is 10.0 Å². The third-order valence-electron chi connectivity index (χ3n) is 3.87. The standard InChI is InChI=1S/C20H25FN2O5S/c1-20(2,3)22-19(24)13-23(16-9-7-6-8-15(16)21)29(25,26)14-10-11-17(27-4)18(12-14)28-5/h6-12H,13H2,1-5H3,(H,22,24). The van der Waals surface area contributed by atoms with E-state index in [4.69, 9.17) is 9.47 Å². The van der Waals surface area contributed by atoms with Crippen molar-refractivity contribution in [2.45, 2.75) is 31.2 Å². The zero-order chi connectivity index (χ0) is 21.8. The van der Waals surface area contributed by atoms with E-state index >= 15 is 0 Å². The third kappa shape index (κ3) is 5.38. The van der Waals surface area contributed by atoms with Gasteiger partial charge < -0.3 is 14.8 Å². The fourth-order valence-corrected chi connectivity index (χ4v) is 4.09. The highest BCUT2D eigenvalue weighted by atomic mass is 32.2. The number of halogens is 1. The summed E-state index contributed by atoms with van der Waals surface area (Å²) in [5, 5.41) is 2.69. The lowest BCUT2D eigenvalue weighted by molar-refractivity contribution is -0.121. The Morgan fingerprint density at radius 2 is 1.69 bits per heavy atom. The van der Waals surface area contributed by atoms with Gasteiger partial charge in [0.2, 0.25) is 5.91 Å². The van der Waals surface area contributed by atoms with Crippen LogP contribution in [0.15, 0.2) is 47.4 Å². The highest BCUT2D eigenvalue weighted by molar-refractivity contribution is 7.92. The summed E-state index contributed by atoms with van der Waals surface area (Å²) in [6.45, 7) is 4.71. The molecule has 0 aliphatic carbocycles. The van der Waals surface area contributed by atoms with Crippen LogP contribution in [0.4, 0.5) is 10.1 Å². The number of amides is 1. The van der Waals surface area contributed by atoms with Crippen molar-refractivity contribution in [3.63, 3.8) is 0 Å². The number of carbonyl (C=O) groups is 1. The van der Waals surface area contributed by atoms with Crippen molar-refractivity contribution in [3.8, 4) is 11.5 Å². The number of methoxy groups -OCH3 is 2. The molecule has 0 spiro atoms. The van der Waals surface area contributed by atoms with E-state index in [9.17, 15) is 17.6 Å². The predicted molar refractivity (Wildman–Crippen MR) is 108 cm³/mol. The molecule has 0 heterocycles. The Morgan fingerprint density at radius 1 is 1.07 bits per heavy atom. The minimum absolute atomic E-state index is 0.165. The molecule has 0 saturated carbocycles. The van der Waals surface area contributed by atoms with Crippen LogP contribution >= 0.6 is 0 Å². The Balaban J connectivity index is 2.55. The molecule has 2 aromatic carbocycles. The number of nitrogens with one attached hydrogen (secondary N) is 1. The minimum atomic E-state index is -4.29. The minimum Gasteiger partial charge on any atom is -0.493 e. The van der Waals surface area contributed by atoms with Gasteiger partial charge in [-0.15, -0.1) is 0 Å². The second kappa shape index (κ2) is 8.69. The van der Waals surface area contributed by atoms with E-state index < -0.39 is 33.8 Å². The van der Waals surface area contributed by atoms with Crippen LogP contribution in [0.25, 0.3) is 0 Å². The smallest absolute Gasteiger partial charge is 0.265 e. The summed E-state index contributed by atoms with van der Waals surface area (Å²) in [6.07, 6.45) is 0. The SMILES string of the molecule is COc1ccc(S(=O)(=O)N(CC(=O)NC(C)(C)C)c2ccccc2F)cc1OC. The average Bonchev–Trinajstić information content (AvgIpc) is 2.64. The largest absolute Gasteiger partial charge is 0.493 e. The topological polar surface area (TPSA) is 84.9 Å². The first-order valence-electron chi connectivity index (χ1n) is 8.80. The molecule has 0 atom stereocenters. The highest BCUT2D eigenvalue weighted by Gasteiger charge is 2.30. The number of hydrogen-bond acceptors (Lipinski definition) is 5. The molecule has 0 fully saturated rings. The maximum absolute atomic E-state index is 14.5. The zero-order valence-electron chi connectivity index (χ0n) is 17.0. The Labute approximate surface area is 170 Å². The van der Waals surface area contributed by atoms with Crippen LogP contribution in [0.2, 0.25) is 0 Å². The fourth-order valence-electron chi connectivity index (χ4n) is 2.65. The number of hydrogen-bond donors (Lipinski definition) is 1. The Kier molecular flexibility index (Phi) is 6.73. The molecule has 158 valence electrons. The number of benzene rings is 2. The predicted octanol–water partition coefficient (Wildman–Crippen LogP) is 2.95. The molecule has 2 aromatic rings. The maximum atomic E-state index is 14.5. The number of anilines is 1. The van der Waals surface area contributed by atoms with E-state index in [-0.39, 0.29) is 16.3 Å². The van der Waals surface area contributed by atoms with Gasteiger partial charge in [-0.25, -0.2) is 12.8 Å². The molecule has 0 radical (unpaired) electrons. The molecule has 0 unspecified atom stereocenters. The van der Waals surface area contributed by atoms with Crippen molar-refractivity contribution in [3.05, 3.63) is 48.3 Å². The zero-order valence-corrected chi connectivity index (χ0v) is 17.8. The van der Waals surface area contributed by atoms with Crippen molar-refractivity contribution < 1.29 is 27.1 Å². The molecule has 9 heteroatoms. The first kappa shape index (κ1) is 22.5. The van der Waals surface area contributed by atoms with Crippen LogP contribution in [0.5, 0.6) is 11.5 Å². The number of carbonyl (C=O) groups excluding carboxylic acids is 1. The van der Waals surface area contributed by atoms with Gasteiger partial charge in [0.05, 0.1) is 24.8 Å². The number of rotatable bonds is 7. The summed E-state index contributed by atoms with van der Waals surface area (Å²) >= 11 is 0. The summed E-state index contributed by atoms with van der Waals surface area (Å²) in [5.41, 5.74) is -0.809. The number of ether oxygens (including phenoxy) is 2. The molecule has 2 rings (SSSR count). The summed E-state index contributed by atoms with van der Waals surface area (Å²) < 4.78 is 52.2. The van der Waals surface area contributed by atoms with Crippen LogP contribution in [0.3, 0.4) is 0 Å². The van der Waals surface area contributed by atoms with E-state index in [0.29, 0.717) is 5.75 Å². The van der Waals surface area contributed by atoms with Gasteiger partial charge >= 0.3 is 0 Å². The van der Waals surface area contributed by atoms with E-state index in [1.807, 2.05) is 0 Å². The first-order chi connectivity index (χ1) is 13.5. The second-order valence-electron chi connectivity index (χ2n) is 7.28. The van der Waals surface area contributed by atoms with Crippen LogP contribution < -0.4 is 19.1 Å². The molecule has 1 N–H and O–H groups in total. The highest BCUT2D eigenvalue weighted by Crippen LogP contribution is 2.32. The lowest BCUT2D eigenvalue weighted by Gasteiger charge is -2.27. The van der Waals surface area contributed by atoms with E-state index in [2.05, 4.69) is 5.32 Å². The van der Waals surface area contributed by atoms with Gasteiger partial charge in [-0.3, -0.25) is 9.10 Å². The van der Waals surface area contributed by atoms with E-state index in [1.165, 1.54) is 50.6 Å². The van der Waals surface area contributed by atoms with E-state index in [1.54, 1.807) is 20.8 Å². The van der Waals surface area contributed by atoms with Gasteiger partial charge in [0.1, 0.15) is 12.4 Å². The molecule has 1 amide bonds. The first-order valence-corrected chi connectivity index (χ1v) is 10.2. The van der Waals surface area contributed by atoms with Crippen LogP contribution in [-0.4, -0.2) is 40.6 Å². The summed E-state index contributed by atoms with van der Waals surface area (Å²) in [6, 6.07) is 9.38.